The largest absolute Gasteiger partial charge is 0.360 e. The summed E-state index contributed by atoms with van der Waals surface area (Å²) in [6.07, 6.45) is 5.70. The van der Waals surface area contributed by atoms with E-state index < -0.39 is 0 Å². The molecular formula is C17H23N5O2. The Balaban J connectivity index is 1.49. The molecule has 24 heavy (non-hydrogen) atoms. The van der Waals surface area contributed by atoms with Crippen molar-refractivity contribution in [2.75, 3.05) is 0 Å². The number of hydrogen-bond donors (Lipinski definition) is 1. The Morgan fingerprint density at radius 1 is 1.25 bits per heavy atom. The van der Waals surface area contributed by atoms with Crippen molar-refractivity contribution in [3.05, 3.63) is 28.7 Å². The van der Waals surface area contributed by atoms with Gasteiger partial charge in [-0.3, -0.25) is 4.79 Å². The third kappa shape index (κ3) is 2.61. The second-order valence-corrected chi connectivity index (χ2v) is 7.09. The fraction of sp³-hybridized carbons (Fsp3) is 0.647. The van der Waals surface area contributed by atoms with Crippen LogP contribution in [0.2, 0.25) is 0 Å². The van der Waals surface area contributed by atoms with Gasteiger partial charge in [-0.2, -0.15) is 0 Å². The zero-order valence-electron chi connectivity index (χ0n) is 14.2. The summed E-state index contributed by atoms with van der Waals surface area (Å²) in [4.78, 5) is 12.6. The van der Waals surface area contributed by atoms with Crippen LogP contribution < -0.4 is 5.32 Å². The van der Waals surface area contributed by atoms with E-state index in [1.807, 2.05) is 0 Å². The molecule has 0 bridgehead atoms. The lowest BCUT2D eigenvalue weighted by Gasteiger charge is -2.25. The number of nitrogens with zero attached hydrogens (tertiary/aromatic N) is 4. The Morgan fingerprint density at radius 3 is 2.92 bits per heavy atom. The summed E-state index contributed by atoms with van der Waals surface area (Å²) in [6, 6.07) is 0.0782. The Morgan fingerprint density at radius 2 is 2.08 bits per heavy atom. The van der Waals surface area contributed by atoms with Crippen molar-refractivity contribution in [3.63, 3.8) is 0 Å². The average Bonchev–Trinajstić information content (AvgIpc) is 3.18. The minimum Gasteiger partial charge on any atom is -0.360 e. The first-order chi connectivity index (χ1) is 11.6. The summed E-state index contributed by atoms with van der Waals surface area (Å²) in [5.74, 6) is 3.10. The van der Waals surface area contributed by atoms with E-state index in [0.717, 1.165) is 68.0 Å². The summed E-state index contributed by atoms with van der Waals surface area (Å²) >= 11 is 0. The number of carbonyl (C=O) groups is 1. The molecule has 1 aliphatic heterocycles. The van der Waals surface area contributed by atoms with Gasteiger partial charge in [0.25, 0.3) is 5.91 Å². The lowest BCUT2D eigenvalue weighted by Crippen LogP contribution is -2.41. The van der Waals surface area contributed by atoms with Gasteiger partial charge >= 0.3 is 0 Å². The second-order valence-electron chi connectivity index (χ2n) is 7.09. The first-order valence-corrected chi connectivity index (χ1v) is 8.83. The summed E-state index contributed by atoms with van der Waals surface area (Å²) in [6.45, 7) is 4.95. The fourth-order valence-electron chi connectivity index (χ4n) is 3.71. The molecule has 0 saturated heterocycles. The van der Waals surface area contributed by atoms with Gasteiger partial charge in [0.2, 0.25) is 0 Å². The van der Waals surface area contributed by atoms with E-state index in [9.17, 15) is 4.79 Å². The van der Waals surface area contributed by atoms with Gasteiger partial charge in [-0.25, -0.2) is 0 Å². The molecule has 0 spiro atoms. The van der Waals surface area contributed by atoms with E-state index in [1.54, 1.807) is 0 Å². The second kappa shape index (κ2) is 6.03. The molecule has 1 N–H and O–H groups in total. The molecule has 7 nitrogen and oxygen atoms in total. The van der Waals surface area contributed by atoms with Crippen LogP contribution in [0.4, 0.5) is 0 Å². The molecule has 2 aliphatic rings. The van der Waals surface area contributed by atoms with Crippen molar-refractivity contribution >= 4 is 5.91 Å². The quantitative estimate of drug-likeness (QED) is 0.931. The smallest absolute Gasteiger partial charge is 0.274 e. The fourth-order valence-corrected chi connectivity index (χ4v) is 3.71. The van der Waals surface area contributed by atoms with Crippen molar-refractivity contribution in [3.8, 4) is 0 Å². The van der Waals surface area contributed by atoms with Crippen molar-refractivity contribution in [1.29, 1.82) is 0 Å². The molecular weight excluding hydrogens is 306 g/mol. The predicted octanol–water partition coefficient (Wildman–Crippen LogP) is 2.01. The molecule has 1 atom stereocenters. The summed E-state index contributed by atoms with van der Waals surface area (Å²) in [7, 11) is 0. The normalized spacial score (nSPS) is 19.9. The van der Waals surface area contributed by atoms with Crippen LogP contribution in [0.15, 0.2) is 4.52 Å². The molecule has 0 aromatic carbocycles. The molecule has 0 unspecified atom stereocenters. The molecule has 0 saturated carbocycles. The van der Waals surface area contributed by atoms with Gasteiger partial charge in [-0.1, -0.05) is 19.0 Å². The molecule has 1 aliphatic carbocycles. The van der Waals surface area contributed by atoms with Crippen LogP contribution in [0, 0.1) is 0 Å². The number of aromatic nitrogens is 4. The number of carbonyl (C=O) groups excluding carboxylic acids is 1. The lowest BCUT2D eigenvalue weighted by molar-refractivity contribution is 0.0917. The highest BCUT2D eigenvalue weighted by molar-refractivity contribution is 5.94. The third-order valence-corrected chi connectivity index (χ3v) is 4.99. The minimum atomic E-state index is -0.116. The van der Waals surface area contributed by atoms with E-state index in [-0.39, 0.29) is 11.9 Å². The number of fused-ring (bicyclic) bond motifs is 2. The van der Waals surface area contributed by atoms with E-state index >= 15 is 0 Å². The highest BCUT2D eigenvalue weighted by Gasteiger charge is 2.28. The Hall–Kier alpha value is -2.18. The van der Waals surface area contributed by atoms with Crippen LogP contribution in [0.1, 0.15) is 72.5 Å². The van der Waals surface area contributed by atoms with Gasteiger partial charge in [0.15, 0.2) is 5.69 Å². The molecule has 0 radical (unpaired) electrons. The summed E-state index contributed by atoms with van der Waals surface area (Å²) < 4.78 is 7.51. The van der Waals surface area contributed by atoms with Crippen molar-refractivity contribution < 1.29 is 9.32 Å². The van der Waals surface area contributed by atoms with Crippen molar-refractivity contribution in [1.82, 2.24) is 25.2 Å². The Labute approximate surface area is 140 Å². The van der Waals surface area contributed by atoms with Crippen LogP contribution in [0.25, 0.3) is 0 Å². The van der Waals surface area contributed by atoms with E-state index in [0.29, 0.717) is 11.6 Å². The maximum absolute atomic E-state index is 12.6. The monoisotopic (exact) mass is 329 g/mol. The standard InChI is InChI=1S/C17H23N5O2/c1-10(2)16-20-19-14-8-7-11(9-22(14)16)18-17(23)15-12-5-3-4-6-13(12)24-21-15/h10-11H,3-9H2,1-2H3,(H,18,23)/t11-/m1/s1. The van der Waals surface area contributed by atoms with Gasteiger partial charge in [-0.05, 0) is 25.7 Å². The first-order valence-electron chi connectivity index (χ1n) is 8.83. The zero-order chi connectivity index (χ0) is 16.7. The van der Waals surface area contributed by atoms with Crippen molar-refractivity contribution in [2.24, 2.45) is 0 Å². The summed E-state index contributed by atoms with van der Waals surface area (Å²) in [5.41, 5.74) is 1.48. The predicted molar refractivity (Wildman–Crippen MR) is 86.8 cm³/mol. The molecule has 7 heteroatoms. The Bertz CT molecular complexity index is 761. The van der Waals surface area contributed by atoms with E-state index in [2.05, 4.69) is 39.1 Å². The van der Waals surface area contributed by atoms with Gasteiger partial charge in [-0.15, -0.1) is 10.2 Å². The number of amides is 1. The molecule has 128 valence electrons. The first kappa shape index (κ1) is 15.4. The molecule has 1 amide bonds. The number of aryl methyl sites for hydroxylation is 2. The van der Waals surface area contributed by atoms with Crippen LogP contribution in [-0.4, -0.2) is 31.9 Å². The highest BCUT2D eigenvalue weighted by atomic mass is 16.5. The number of nitrogens with one attached hydrogen (secondary N) is 1. The van der Waals surface area contributed by atoms with Gasteiger partial charge in [0.05, 0.1) is 0 Å². The van der Waals surface area contributed by atoms with E-state index in [4.69, 9.17) is 4.52 Å². The maximum Gasteiger partial charge on any atom is 0.274 e. The van der Waals surface area contributed by atoms with Crippen LogP contribution in [0.5, 0.6) is 0 Å². The SMILES string of the molecule is CC(C)c1nnc2n1C[C@H](NC(=O)c1noc3c1CCCC3)CC2. The molecule has 2 aromatic heterocycles. The van der Waals surface area contributed by atoms with Crippen LogP contribution >= 0.6 is 0 Å². The van der Waals surface area contributed by atoms with Gasteiger partial charge < -0.3 is 14.4 Å². The number of rotatable bonds is 3. The molecule has 4 rings (SSSR count). The third-order valence-electron chi connectivity index (χ3n) is 4.99. The average molecular weight is 329 g/mol. The topological polar surface area (TPSA) is 85.8 Å². The summed E-state index contributed by atoms with van der Waals surface area (Å²) in [5, 5.41) is 15.7. The van der Waals surface area contributed by atoms with Crippen LogP contribution in [-0.2, 0) is 25.8 Å². The van der Waals surface area contributed by atoms with E-state index in [1.165, 1.54) is 0 Å². The highest BCUT2D eigenvalue weighted by Crippen LogP contribution is 2.25. The van der Waals surface area contributed by atoms with Crippen LogP contribution in [0.3, 0.4) is 0 Å². The van der Waals surface area contributed by atoms with Crippen molar-refractivity contribution in [2.45, 2.75) is 70.9 Å². The minimum absolute atomic E-state index is 0.0782. The van der Waals surface area contributed by atoms with Gasteiger partial charge in [0.1, 0.15) is 17.4 Å². The molecule has 2 aromatic rings. The Kier molecular flexibility index (Phi) is 3.86. The zero-order valence-corrected chi connectivity index (χ0v) is 14.2. The molecule has 0 fully saturated rings. The maximum atomic E-state index is 12.6. The van der Waals surface area contributed by atoms with Gasteiger partial charge in [0, 0.05) is 36.9 Å². The lowest BCUT2D eigenvalue weighted by atomic mass is 9.96. The molecule has 3 heterocycles. The number of hydrogen-bond acceptors (Lipinski definition) is 5.